The molecule has 0 saturated carbocycles. The predicted molar refractivity (Wildman–Crippen MR) is 256 cm³/mol. The molecule has 0 aromatic rings. The van der Waals surface area contributed by atoms with E-state index in [-0.39, 0.29) is 24.6 Å². The van der Waals surface area contributed by atoms with Gasteiger partial charge >= 0.3 is 24.1 Å². The number of nitrogens with zero attached hydrogens (tertiary/aromatic N) is 4. The van der Waals surface area contributed by atoms with Crippen molar-refractivity contribution in [3.05, 3.63) is 0 Å². The lowest BCUT2D eigenvalue weighted by Crippen LogP contribution is -2.59. The Balaban J connectivity index is 5.96. The fourth-order valence-electron chi connectivity index (χ4n) is 6.39. The van der Waals surface area contributed by atoms with Crippen molar-refractivity contribution in [3.8, 4) is 0 Å². The molecule has 68 heavy (non-hydrogen) atoms. The Labute approximate surface area is 407 Å². The number of carbonyl (C=O) groups is 10. The van der Waals surface area contributed by atoms with Gasteiger partial charge in [-0.05, 0) is 67.5 Å². The van der Waals surface area contributed by atoms with E-state index in [1.165, 1.54) is 69.4 Å². The van der Waals surface area contributed by atoms with Crippen molar-refractivity contribution in [1.29, 1.82) is 0 Å². The molecule has 26 heteroatoms. The van der Waals surface area contributed by atoms with Gasteiger partial charge in [0.25, 0.3) is 0 Å². The monoisotopic (exact) mass is 1010 g/mol. The van der Waals surface area contributed by atoms with Crippen molar-refractivity contribution < 1.29 is 67.6 Å². The lowest BCUT2D eigenvalue weighted by atomic mass is 10.00. The Morgan fingerprint density at radius 2 is 0.809 bits per heavy atom. The average Bonchev–Trinajstić information content (AvgIpc) is 3.20. The summed E-state index contributed by atoms with van der Waals surface area (Å²) in [5.41, 5.74) is -1.84. The zero-order valence-corrected chi connectivity index (χ0v) is 43.9. The number of hydrogen-bond acceptors (Lipinski definition) is 16. The zero-order valence-electron chi connectivity index (χ0n) is 42.3. The number of hydrogen-bond donors (Lipinski definition) is 8. The van der Waals surface area contributed by atoms with Crippen molar-refractivity contribution in [3.63, 3.8) is 0 Å². The molecule has 0 bridgehead atoms. The molecule has 0 aliphatic heterocycles. The first-order valence-electron chi connectivity index (χ1n) is 21.8. The first-order chi connectivity index (χ1) is 31.2. The summed E-state index contributed by atoms with van der Waals surface area (Å²) in [6.45, 7) is 14.4. The highest BCUT2D eigenvalue weighted by atomic mass is 33.1. The second-order valence-corrected chi connectivity index (χ2v) is 21.1. The van der Waals surface area contributed by atoms with Gasteiger partial charge in [-0.25, -0.2) is 9.59 Å². The van der Waals surface area contributed by atoms with Gasteiger partial charge in [-0.1, -0.05) is 49.3 Å². The molecule has 0 fully saturated rings. The van der Waals surface area contributed by atoms with E-state index in [0.717, 1.165) is 0 Å². The number of likely N-dealkylation sites (N-methyl/N-ethyl adjacent to an activating group) is 6. The molecular formula is C42H76N10O14S2. The number of rotatable bonds is 27. The minimum Gasteiger partial charge on any atom is -0.480 e. The Hall–Kier alpha value is -5.08. The maximum atomic E-state index is 13.9. The zero-order chi connectivity index (χ0) is 53.0. The van der Waals surface area contributed by atoms with Gasteiger partial charge in [0, 0.05) is 52.8 Å². The summed E-state index contributed by atoms with van der Waals surface area (Å²) >= 11 is 0. The van der Waals surface area contributed by atoms with Gasteiger partial charge in [0.05, 0.1) is 12.1 Å². The van der Waals surface area contributed by atoms with Crippen LogP contribution in [0.5, 0.6) is 0 Å². The average molecular weight is 1010 g/mol. The van der Waals surface area contributed by atoms with Crippen LogP contribution < -0.4 is 31.9 Å². The van der Waals surface area contributed by atoms with Crippen LogP contribution in [0.4, 0.5) is 9.59 Å². The number of carboxylic acids is 2. The largest absolute Gasteiger partial charge is 0.480 e. The van der Waals surface area contributed by atoms with E-state index in [9.17, 15) is 47.9 Å². The molecule has 0 radical (unpaired) electrons. The molecule has 0 aliphatic carbocycles. The van der Waals surface area contributed by atoms with Gasteiger partial charge in [0.15, 0.2) is 0 Å². The Kier molecular flexibility index (Phi) is 26.9. The quantitative estimate of drug-likeness (QED) is 0.0384. The van der Waals surface area contributed by atoms with Crippen molar-refractivity contribution in [2.75, 3.05) is 80.0 Å². The molecule has 0 spiro atoms. The van der Waals surface area contributed by atoms with Crippen molar-refractivity contribution in [2.45, 2.75) is 117 Å². The van der Waals surface area contributed by atoms with Gasteiger partial charge in [-0.2, -0.15) is 0 Å². The number of aliphatic carboxylic acids is 2. The smallest absolute Gasteiger partial charge is 0.408 e. The number of amides is 8. The Morgan fingerprint density at radius 3 is 1.04 bits per heavy atom. The van der Waals surface area contributed by atoms with Crippen LogP contribution in [0.25, 0.3) is 0 Å². The van der Waals surface area contributed by atoms with Gasteiger partial charge in [0.2, 0.25) is 35.4 Å². The molecule has 0 aliphatic rings. The minimum atomic E-state index is -1.41. The van der Waals surface area contributed by atoms with Crippen LogP contribution in [0.1, 0.15) is 69.2 Å². The van der Waals surface area contributed by atoms with Gasteiger partial charge < -0.3 is 71.2 Å². The fourth-order valence-corrected chi connectivity index (χ4v) is 8.87. The van der Waals surface area contributed by atoms with Gasteiger partial charge in [0.1, 0.15) is 48.5 Å². The third-order valence-corrected chi connectivity index (χ3v) is 12.1. The van der Waals surface area contributed by atoms with Crippen molar-refractivity contribution >= 4 is 81.2 Å². The van der Waals surface area contributed by atoms with E-state index in [1.54, 1.807) is 83.3 Å². The van der Waals surface area contributed by atoms with E-state index >= 15 is 0 Å². The van der Waals surface area contributed by atoms with Crippen molar-refractivity contribution in [1.82, 2.24) is 51.5 Å². The second-order valence-electron chi connectivity index (χ2n) is 18.6. The molecule has 0 aromatic heterocycles. The SMILES string of the molecule is CN[C@@H](CSSC[C@@H](NC)C(=O)N(C)[C@@H](C(=O)N(C)C[C@@H](NC(=O)OC(C)(C)C)C(=O)NCC(=O)O)C(C)C)C(=O)N(C)[C@H](C(=O)N(C)C[C@@H](NC(=O)OC(C)(C)C)C(=O)NCC(=O)O)C(C)C. The summed E-state index contributed by atoms with van der Waals surface area (Å²) in [6.07, 6.45) is -1.93. The van der Waals surface area contributed by atoms with E-state index in [0.29, 0.717) is 0 Å². The highest BCUT2D eigenvalue weighted by Gasteiger charge is 2.38. The third kappa shape index (κ3) is 22.8. The maximum absolute atomic E-state index is 13.9. The molecular weight excluding hydrogens is 933 g/mol. The van der Waals surface area contributed by atoms with Crippen LogP contribution in [0.2, 0.25) is 0 Å². The highest BCUT2D eigenvalue weighted by Crippen LogP contribution is 2.25. The molecule has 0 unspecified atom stereocenters. The topological polar surface area (TPSA) is 315 Å². The van der Waals surface area contributed by atoms with Gasteiger partial charge in [-0.15, -0.1) is 0 Å². The van der Waals surface area contributed by atoms with Crippen LogP contribution in [0.15, 0.2) is 0 Å². The molecule has 8 amide bonds. The molecule has 0 rings (SSSR count). The summed E-state index contributed by atoms with van der Waals surface area (Å²) in [5, 5.41) is 33.2. The summed E-state index contributed by atoms with van der Waals surface area (Å²) in [5.74, 6) is -6.83. The summed E-state index contributed by atoms with van der Waals surface area (Å²) in [4.78, 5) is 134. The lowest BCUT2D eigenvalue weighted by Gasteiger charge is -2.36. The van der Waals surface area contributed by atoms with E-state index in [1.807, 2.05) is 0 Å². The summed E-state index contributed by atoms with van der Waals surface area (Å²) in [7, 11) is 11.4. The first-order valence-corrected chi connectivity index (χ1v) is 24.3. The molecule has 0 heterocycles. The molecule has 0 aromatic carbocycles. The normalized spacial score (nSPS) is 14.2. The Bertz CT molecular complexity index is 1640. The van der Waals surface area contributed by atoms with E-state index < -0.39 is 132 Å². The molecule has 8 N–H and O–H groups in total. The first kappa shape index (κ1) is 62.9. The van der Waals surface area contributed by atoms with E-state index in [2.05, 4.69) is 31.9 Å². The minimum absolute atomic E-state index is 0.196. The third-order valence-electron chi connectivity index (χ3n) is 9.65. The van der Waals surface area contributed by atoms with Gasteiger partial charge in [-0.3, -0.25) is 38.4 Å². The fraction of sp³-hybridized carbons (Fsp3) is 0.762. The summed E-state index contributed by atoms with van der Waals surface area (Å²) < 4.78 is 10.5. The number of carboxylic acid groups (broad SMARTS) is 2. The van der Waals surface area contributed by atoms with Crippen molar-refractivity contribution in [2.24, 2.45) is 11.8 Å². The number of alkyl carbamates (subject to hydrolysis) is 2. The lowest BCUT2D eigenvalue weighted by molar-refractivity contribution is -0.147. The Morgan fingerprint density at radius 1 is 0.515 bits per heavy atom. The van der Waals surface area contributed by atoms with Crippen LogP contribution in [-0.2, 0) is 47.8 Å². The number of carbonyl (C=O) groups excluding carboxylic acids is 8. The predicted octanol–water partition coefficient (Wildman–Crippen LogP) is -0.385. The maximum Gasteiger partial charge on any atom is 0.408 e. The summed E-state index contributed by atoms with van der Waals surface area (Å²) in [6, 6.07) is -6.46. The van der Waals surface area contributed by atoms with E-state index in [4.69, 9.17) is 19.7 Å². The molecule has 390 valence electrons. The molecule has 24 nitrogen and oxygen atoms in total. The standard InChI is InChI=1S/C42H76N10O14S2/c1-23(2)31(37(61)49(13)19-25(33(57)45-17-29(53)54)47-39(63)65-41(5,6)7)51(15)35(59)27(43-11)21-67-68-22-28(44-12)36(60)52(16)32(24(3)4)38(62)50(14)20-26(34(58)46-18-30(55)56)48-40(64)66-42(8,9)10/h23-28,31-32,43-44H,17-22H2,1-16H3,(H,45,57)(H,46,58)(H,47,63)(H,48,64)(H,53,54)(H,55,56)/t25-,26-,27-,28+,31-,32+/m1/s1. The number of ether oxygens (including phenoxy) is 2. The second kappa shape index (κ2) is 29.1. The van der Waals surface area contributed by atoms with Crippen LogP contribution in [0, 0.1) is 11.8 Å². The molecule has 0 saturated heterocycles. The van der Waals surface area contributed by atoms with Crippen LogP contribution >= 0.6 is 21.6 Å². The van der Waals surface area contributed by atoms with Crippen LogP contribution in [-0.4, -0.2) is 217 Å². The number of nitrogens with one attached hydrogen (secondary N) is 6. The molecule has 6 atom stereocenters. The highest BCUT2D eigenvalue weighted by molar-refractivity contribution is 8.76. The van der Waals surface area contributed by atoms with Crippen LogP contribution in [0.3, 0.4) is 0 Å².